The Balaban J connectivity index is 1.51. The number of fused-ring (bicyclic) bond motifs is 1. The zero-order valence-corrected chi connectivity index (χ0v) is 16.2. The van der Waals surface area contributed by atoms with Gasteiger partial charge in [0.2, 0.25) is 11.8 Å². The van der Waals surface area contributed by atoms with Crippen molar-refractivity contribution in [2.45, 2.75) is 38.5 Å². The van der Waals surface area contributed by atoms with Gasteiger partial charge in [-0.25, -0.2) is 0 Å². The molecule has 0 aliphatic carbocycles. The van der Waals surface area contributed by atoms with E-state index >= 15 is 0 Å². The van der Waals surface area contributed by atoms with Crippen LogP contribution in [-0.4, -0.2) is 58.4 Å². The fraction of sp³-hybridized carbons (Fsp3) is 0.571. The van der Waals surface area contributed by atoms with Crippen LogP contribution in [0.15, 0.2) is 36.5 Å². The minimum atomic E-state index is -0.620. The Morgan fingerprint density at radius 3 is 2.96 bits per heavy atom. The minimum absolute atomic E-state index is 0.0408. The van der Waals surface area contributed by atoms with E-state index in [2.05, 4.69) is 18.8 Å². The Hall–Kier alpha value is -2.21. The molecular formula is C21H27N3O3. The lowest BCUT2D eigenvalue weighted by molar-refractivity contribution is -0.142. The lowest BCUT2D eigenvalue weighted by Gasteiger charge is -2.27. The highest BCUT2D eigenvalue weighted by Crippen LogP contribution is 2.52. The van der Waals surface area contributed by atoms with E-state index in [9.17, 15) is 9.59 Å². The summed E-state index contributed by atoms with van der Waals surface area (Å²) in [7, 11) is 1.77. The maximum absolute atomic E-state index is 13.2. The van der Waals surface area contributed by atoms with Gasteiger partial charge in [0, 0.05) is 19.8 Å². The molecule has 2 amide bonds. The van der Waals surface area contributed by atoms with Crippen LogP contribution in [0.3, 0.4) is 0 Å². The first-order valence-electron chi connectivity index (χ1n) is 9.72. The highest BCUT2D eigenvalue weighted by atomic mass is 16.5. The predicted molar refractivity (Wildman–Crippen MR) is 100 cm³/mol. The smallest absolute Gasteiger partial charge is 0.230 e. The Kier molecular flexibility index (Phi) is 4.54. The summed E-state index contributed by atoms with van der Waals surface area (Å²) in [5.41, 5.74) is 0.212. The number of carbonyl (C=O) groups is 2. The lowest BCUT2D eigenvalue weighted by atomic mass is 9.76. The zero-order chi connectivity index (χ0) is 19.2. The van der Waals surface area contributed by atoms with Crippen molar-refractivity contribution >= 4 is 11.8 Å². The van der Waals surface area contributed by atoms with Crippen LogP contribution >= 0.6 is 0 Å². The summed E-state index contributed by atoms with van der Waals surface area (Å²) in [6, 6.07) is 5.66. The molecule has 4 rings (SSSR count). The van der Waals surface area contributed by atoms with Crippen LogP contribution in [0.4, 0.5) is 0 Å². The highest BCUT2D eigenvalue weighted by molar-refractivity contribution is 5.93. The Morgan fingerprint density at radius 2 is 2.26 bits per heavy atom. The number of hydrogen-bond donors (Lipinski definition) is 0. The molecule has 0 saturated carbocycles. The van der Waals surface area contributed by atoms with Crippen molar-refractivity contribution in [3.63, 3.8) is 0 Å². The third-order valence-corrected chi connectivity index (χ3v) is 5.94. The van der Waals surface area contributed by atoms with Gasteiger partial charge in [0.1, 0.15) is 5.60 Å². The fourth-order valence-electron chi connectivity index (χ4n) is 4.53. The molecule has 1 spiro atoms. The van der Waals surface area contributed by atoms with Crippen LogP contribution in [0.5, 0.6) is 0 Å². The molecule has 27 heavy (non-hydrogen) atoms. The lowest BCUT2D eigenvalue weighted by Crippen LogP contribution is -2.44. The molecule has 3 aliphatic heterocycles. The van der Waals surface area contributed by atoms with Crippen molar-refractivity contribution in [3.05, 3.63) is 42.2 Å². The van der Waals surface area contributed by atoms with Crippen molar-refractivity contribution < 1.29 is 14.3 Å². The van der Waals surface area contributed by atoms with E-state index in [0.29, 0.717) is 19.0 Å². The SMILES string of the molecule is CC(C)CCN1C[C@]23C=C[C@H](O2)[C@H](C(=O)N(C)Cc2ccccn2)[C@H]3C1=O. The first-order valence-corrected chi connectivity index (χ1v) is 9.72. The largest absolute Gasteiger partial charge is 0.360 e. The van der Waals surface area contributed by atoms with Crippen molar-refractivity contribution in [2.24, 2.45) is 17.8 Å². The first-order chi connectivity index (χ1) is 12.9. The van der Waals surface area contributed by atoms with Crippen LogP contribution in [0.1, 0.15) is 26.0 Å². The van der Waals surface area contributed by atoms with Crippen LogP contribution < -0.4 is 0 Å². The van der Waals surface area contributed by atoms with Crippen LogP contribution in [-0.2, 0) is 20.9 Å². The van der Waals surface area contributed by atoms with Gasteiger partial charge in [-0.3, -0.25) is 14.6 Å². The summed E-state index contributed by atoms with van der Waals surface area (Å²) < 4.78 is 6.19. The summed E-state index contributed by atoms with van der Waals surface area (Å²) >= 11 is 0. The van der Waals surface area contributed by atoms with Gasteiger partial charge < -0.3 is 14.5 Å². The Labute approximate surface area is 160 Å². The number of carbonyl (C=O) groups excluding carboxylic acids is 2. The second-order valence-corrected chi connectivity index (χ2v) is 8.36. The molecule has 6 nitrogen and oxygen atoms in total. The van der Waals surface area contributed by atoms with Gasteiger partial charge in [-0.2, -0.15) is 0 Å². The monoisotopic (exact) mass is 369 g/mol. The Morgan fingerprint density at radius 1 is 1.44 bits per heavy atom. The molecule has 144 valence electrons. The van der Waals surface area contributed by atoms with Crippen LogP contribution in [0, 0.1) is 17.8 Å². The quantitative estimate of drug-likeness (QED) is 0.718. The van der Waals surface area contributed by atoms with E-state index < -0.39 is 17.4 Å². The second kappa shape index (κ2) is 6.75. The predicted octanol–water partition coefficient (Wildman–Crippen LogP) is 1.87. The van der Waals surface area contributed by atoms with Crippen molar-refractivity contribution in [2.75, 3.05) is 20.1 Å². The molecule has 0 N–H and O–H groups in total. The van der Waals surface area contributed by atoms with E-state index in [1.807, 2.05) is 35.3 Å². The third kappa shape index (κ3) is 3.06. The maximum atomic E-state index is 13.2. The van der Waals surface area contributed by atoms with E-state index in [0.717, 1.165) is 18.7 Å². The van der Waals surface area contributed by atoms with Gasteiger partial charge in [0.05, 0.1) is 36.7 Å². The number of nitrogens with zero attached hydrogens (tertiary/aromatic N) is 3. The molecule has 0 radical (unpaired) electrons. The minimum Gasteiger partial charge on any atom is -0.360 e. The fourth-order valence-corrected chi connectivity index (χ4v) is 4.53. The topological polar surface area (TPSA) is 62.7 Å². The molecule has 0 aromatic carbocycles. The normalized spacial score (nSPS) is 31.0. The average Bonchev–Trinajstić information content (AvgIpc) is 3.28. The molecule has 3 aliphatic rings. The molecule has 2 saturated heterocycles. The summed E-state index contributed by atoms with van der Waals surface area (Å²) in [4.78, 5) is 34.2. The first kappa shape index (κ1) is 18.2. The number of likely N-dealkylation sites (tertiary alicyclic amines) is 1. The third-order valence-electron chi connectivity index (χ3n) is 5.94. The molecule has 2 fully saturated rings. The molecular weight excluding hydrogens is 342 g/mol. The molecule has 1 aromatic heterocycles. The second-order valence-electron chi connectivity index (χ2n) is 8.36. The van der Waals surface area contributed by atoms with Crippen LogP contribution in [0.25, 0.3) is 0 Å². The van der Waals surface area contributed by atoms with Crippen molar-refractivity contribution in [1.29, 1.82) is 0 Å². The van der Waals surface area contributed by atoms with Gasteiger partial charge in [-0.15, -0.1) is 0 Å². The van der Waals surface area contributed by atoms with E-state index in [1.165, 1.54) is 0 Å². The molecule has 4 heterocycles. The van der Waals surface area contributed by atoms with Gasteiger partial charge in [-0.1, -0.05) is 32.1 Å². The highest BCUT2D eigenvalue weighted by Gasteiger charge is 2.66. The zero-order valence-electron chi connectivity index (χ0n) is 16.2. The van der Waals surface area contributed by atoms with E-state index in [-0.39, 0.29) is 17.9 Å². The van der Waals surface area contributed by atoms with Crippen LogP contribution in [0.2, 0.25) is 0 Å². The standard InChI is InChI=1S/C21H27N3O3/c1-14(2)8-11-24-13-21-9-7-16(27-21)17(18(21)20(24)26)19(25)23(3)12-15-6-4-5-10-22-15/h4-7,9-10,14,16-18H,8,11-13H2,1-3H3/t16-,17-,18-,21-/m0/s1. The summed E-state index contributed by atoms with van der Waals surface area (Å²) in [6.45, 7) is 6.02. The van der Waals surface area contributed by atoms with Crippen molar-refractivity contribution in [1.82, 2.24) is 14.8 Å². The van der Waals surface area contributed by atoms with Gasteiger partial charge in [0.25, 0.3) is 0 Å². The average molecular weight is 369 g/mol. The number of hydrogen-bond acceptors (Lipinski definition) is 4. The number of aromatic nitrogens is 1. The Bertz CT molecular complexity index is 763. The summed E-state index contributed by atoms with van der Waals surface area (Å²) in [5.74, 6) is -0.294. The van der Waals surface area contributed by atoms with Gasteiger partial charge in [-0.05, 0) is 24.5 Å². The number of ether oxygens (including phenoxy) is 1. The number of pyridine rings is 1. The molecule has 2 bridgehead atoms. The molecule has 6 heteroatoms. The van der Waals surface area contributed by atoms with Crippen molar-refractivity contribution in [3.8, 4) is 0 Å². The molecule has 1 aromatic rings. The van der Waals surface area contributed by atoms with E-state index in [1.54, 1.807) is 18.1 Å². The number of amides is 2. The van der Waals surface area contributed by atoms with E-state index in [4.69, 9.17) is 4.74 Å². The maximum Gasteiger partial charge on any atom is 0.230 e. The van der Waals surface area contributed by atoms with Gasteiger partial charge >= 0.3 is 0 Å². The number of rotatable bonds is 6. The summed E-state index contributed by atoms with van der Waals surface area (Å²) in [6.07, 6.45) is 6.36. The molecule has 0 unspecified atom stereocenters. The summed E-state index contributed by atoms with van der Waals surface area (Å²) in [5, 5.41) is 0. The molecule has 4 atom stereocenters. The van der Waals surface area contributed by atoms with Gasteiger partial charge in [0.15, 0.2) is 0 Å².